The van der Waals surface area contributed by atoms with Crippen LogP contribution >= 0.6 is 15.9 Å². The molecule has 4 heteroatoms. The van der Waals surface area contributed by atoms with Crippen LogP contribution in [-0.4, -0.2) is 37.0 Å². The summed E-state index contributed by atoms with van der Waals surface area (Å²) >= 11 is 3.47. The number of amides is 1. The lowest BCUT2D eigenvalue weighted by molar-refractivity contribution is 0.0799. The van der Waals surface area contributed by atoms with Gasteiger partial charge in [-0.2, -0.15) is 0 Å². The molecule has 1 amide bonds. The normalized spacial score (nSPS) is 17.8. The van der Waals surface area contributed by atoms with Gasteiger partial charge in [-0.3, -0.25) is 4.79 Å². The molecule has 2 rings (SSSR count). The number of halogens is 1. The van der Waals surface area contributed by atoms with Gasteiger partial charge in [0.1, 0.15) is 0 Å². The second-order valence-electron chi connectivity index (χ2n) is 6.33. The van der Waals surface area contributed by atoms with Gasteiger partial charge in [-0.15, -0.1) is 0 Å². The molecule has 0 heterocycles. The summed E-state index contributed by atoms with van der Waals surface area (Å²) in [6.07, 6.45) is 6.16. The lowest BCUT2D eigenvalue weighted by atomic mass is 9.80. The van der Waals surface area contributed by atoms with E-state index < -0.39 is 0 Å². The third kappa shape index (κ3) is 3.86. The van der Waals surface area contributed by atoms with E-state index >= 15 is 0 Å². The molecule has 0 aliphatic heterocycles. The molecule has 0 bridgehead atoms. The average molecular weight is 353 g/mol. The minimum atomic E-state index is 0.0254. The first-order valence-electron chi connectivity index (χ1n) is 7.66. The van der Waals surface area contributed by atoms with Crippen LogP contribution in [0.1, 0.15) is 48.0 Å². The van der Waals surface area contributed by atoms with Crippen molar-refractivity contribution in [1.29, 1.82) is 0 Å². The molecule has 1 aromatic rings. The molecule has 1 fully saturated rings. The highest BCUT2D eigenvalue weighted by atomic mass is 79.9. The van der Waals surface area contributed by atoms with Crippen molar-refractivity contribution in [3.8, 4) is 0 Å². The average Bonchev–Trinajstić information content (AvgIpc) is 2.48. The molecule has 1 N–H and O–H groups in total. The third-order valence-corrected chi connectivity index (χ3v) is 5.62. The third-order valence-electron chi connectivity index (χ3n) is 4.73. The summed E-state index contributed by atoms with van der Waals surface area (Å²) in [5.41, 5.74) is 1.95. The van der Waals surface area contributed by atoms with E-state index in [0.29, 0.717) is 0 Å². The minimum Gasteiger partial charge on any atom is -0.350 e. The van der Waals surface area contributed by atoms with Crippen molar-refractivity contribution >= 4 is 21.8 Å². The van der Waals surface area contributed by atoms with Crippen LogP contribution in [0, 0.1) is 6.92 Å². The van der Waals surface area contributed by atoms with Crippen molar-refractivity contribution in [1.82, 2.24) is 10.2 Å². The molecule has 1 saturated carbocycles. The standard InChI is InChI=1S/C17H25BrN2O/c1-13-11-14(7-8-15(13)18)16(21)19-12-17(20(2)3)9-5-4-6-10-17/h7-8,11H,4-6,9-10,12H2,1-3H3,(H,19,21). The van der Waals surface area contributed by atoms with Crippen molar-refractivity contribution in [3.63, 3.8) is 0 Å². The topological polar surface area (TPSA) is 32.3 Å². The summed E-state index contributed by atoms with van der Waals surface area (Å²) in [5.74, 6) is 0.0254. The van der Waals surface area contributed by atoms with Crippen LogP contribution in [0.15, 0.2) is 22.7 Å². The summed E-state index contributed by atoms with van der Waals surface area (Å²) in [6.45, 7) is 2.73. The first-order valence-corrected chi connectivity index (χ1v) is 8.46. The number of likely N-dealkylation sites (N-methyl/N-ethyl adjacent to an activating group) is 1. The summed E-state index contributed by atoms with van der Waals surface area (Å²) in [7, 11) is 4.25. The molecule has 0 spiro atoms. The van der Waals surface area contributed by atoms with Crippen LogP contribution in [-0.2, 0) is 0 Å². The van der Waals surface area contributed by atoms with Gasteiger partial charge >= 0.3 is 0 Å². The molecule has 3 nitrogen and oxygen atoms in total. The number of carbonyl (C=O) groups excluding carboxylic acids is 1. The highest BCUT2D eigenvalue weighted by Gasteiger charge is 2.34. The van der Waals surface area contributed by atoms with Gasteiger partial charge < -0.3 is 10.2 Å². The molecule has 1 aliphatic carbocycles. The Balaban J connectivity index is 2.03. The summed E-state index contributed by atoms with van der Waals surface area (Å²) in [5, 5.41) is 3.14. The molecule has 21 heavy (non-hydrogen) atoms. The van der Waals surface area contributed by atoms with Crippen LogP contribution < -0.4 is 5.32 Å². The van der Waals surface area contributed by atoms with Gasteiger partial charge in [0, 0.05) is 22.1 Å². The molecule has 116 valence electrons. The Bertz CT molecular complexity index is 508. The largest absolute Gasteiger partial charge is 0.350 e. The summed E-state index contributed by atoms with van der Waals surface area (Å²) < 4.78 is 1.04. The van der Waals surface area contributed by atoms with Gasteiger partial charge in [0.15, 0.2) is 0 Å². The van der Waals surface area contributed by atoms with Gasteiger partial charge in [0.05, 0.1) is 0 Å². The smallest absolute Gasteiger partial charge is 0.251 e. The quantitative estimate of drug-likeness (QED) is 0.894. The maximum absolute atomic E-state index is 12.4. The number of hydrogen-bond acceptors (Lipinski definition) is 2. The summed E-state index contributed by atoms with van der Waals surface area (Å²) in [6, 6.07) is 5.74. The fourth-order valence-corrected chi connectivity index (χ4v) is 3.37. The summed E-state index contributed by atoms with van der Waals surface area (Å²) in [4.78, 5) is 14.7. The number of nitrogens with one attached hydrogen (secondary N) is 1. The number of carbonyl (C=O) groups is 1. The SMILES string of the molecule is Cc1cc(C(=O)NCC2(N(C)C)CCCCC2)ccc1Br. The second kappa shape index (κ2) is 6.93. The van der Waals surface area contributed by atoms with E-state index in [1.807, 2.05) is 25.1 Å². The van der Waals surface area contributed by atoms with E-state index in [4.69, 9.17) is 0 Å². The predicted octanol–water partition coefficient (Wildman–Crippen LogP) is 3.75. The van der Waals surface area contributed by atoms with E-state index in [0.717, 1.165) is 22.1 Å². The van der Waals surface area contributed by atoms with Crippen LogP contribution in [0.25, 0.3) is 0 Å². The Kier molecular flexibility index (Phi) is 5.44. The van der Waals surface area contributed by atoms with Crippen molar-refractivity contribution < 1.29 is 4.79 Å². The van der Waals surface area contributed by atoms with Crippen LogP contribution in [0.2, 0.25) is 0 Å². The number of benzene rings is 1. The monoisotopic (exact) mass is 352 g/mol. The Morgan fingerprint density at radius 3 is 2.52 bits per heavy atom. The number of rotatable bonds is 4. The van der Waals surface area contributed by atoms with Gasteiger partial charge in [-0.05, 0) is 57.6 Å². The highest BCUT2D eigenvalue weighted by Crippen LogP contribution is 2.31. The molecule has 0 saturated heterocycles. The zero-order valence-corrected chi connectivity index (χ0v) is 14.8. The lowest BCUT2D eigenvalue weighted by Gasteiger charge is -2.43. The Labute approximate surface area is 136 Å². The van der Waals surface area contributed by atoms with E-state index in [9.17, 15) is 4.79 Å². The molecule has 0 atom stereocenters. The van der Waals surface area contributed by atoms with Crippen LogP contribution in [0.3, 0.4) is 0 Å². The number of nitrogens with zero attached hydrogens (tertiary/aromatic N) is 1. The van der Waals surface area contributed by atoms with Crippen LogP contribution in [0.5, 0.6) is 0 Å². The Hall–Kier alpha value is -0.870. The molecular weight excluding hydrogens is 328 g/mol. The van der Waals surface area contributed by atoms with Crippen molar-refractivity contribution in [2.24, 2.45) is 0 Å². The number of hydrogen-bond donors (Lipinski definition) is 1. The van der Waals surface area contributed by atoms with Gasteiger partial charge in [-0.1, -0.05) is 35.2 Å². The first-order chi connectivity index (χ1) is 9.94. The molecular formula is C17H25BrN2O. The van der Waals surface area contributed by atoms with Gasteiger partial charge in [0.2, 0.25) is 0 Å². The maximum Gasteiger partial charge on any atom is 0.251 e. The fourth-order valence-electron chi connectivity index (χ4n) is 3.12. The highest BCUT2D eigenvalue weighted by molar-refractivity contribution is 9.10. The van der Waals surface area contributed by atoms with E-state index in [1.54, 1.807) is 0 Å². The number of aryl methyl sites for hydroxylation is 1. The first kappa shape index (κ1) is 16.5. The van der Waals surface area contributed by atoms with E-state index in [2.05, 4.69) is 40.2 Å². The maximum atomic E-state index is 12.4. The Morgan fingerprint density at radius 1 is 1.29 bits per heavy atom. The van der Waals surface area contributed by atoms with E-state index in [-0.39, 0.29) is 11.4 Å². The van der Waals surface area contributed by atoms with Crippen LogP contribution in [0.4, 0.5) is 0 Å². The molecule has 0 radical (unpaired) electrons. The van der Waals surface area contributed by atoms with E-state index in [1.165, 1.54) is 32.1 Å². The fraction of sp³-hybridized carbons (Fsp3) is 0.588. The lowest BCUT2D eigenvalue weighted by Crippen LogP contribution is -2.53. The minimum absolute atomic E-state index is 0.0254. The van der Waals surface area contributed by atoms with Gasteiger partial charge in [0.25, 0.3) is 5.91 Å². The Morgan fingerprint density at radius 2 is 1.95 bits per heavy atom. The second-order valence-corrected chi connectivity index (χ2v) is 7.18. The van der Waals surface area contributed by atoms with Crippen molar-refractivity contribution in [3.05, 3.63) is 33.8 Å². The van der Waals surface area contributed by atoms with Crippen molar-refractivity contribution in [2.75, 3.05) is 20.6 Å². The molecule has 1 aromatic carbocycles. The predicted molar refractivity (Wildman–Crippen MR) is 90.7 cm³/mol. The zero-order chi connectivity index (χ0) is 15.5. The molecule has 0 aromatic heterocycles. The van der Waals surface area contributed by atoms with Crippen molar-refractivity contribution in [2.45, 2.75) is 44.6 Å². The molecule has 1 aliphatic rings. The zero-order valence-electron chi connectivity index (χ0n) is 13.2. The molecule has 0 unspecified atom stereocenters. The van der Waals surface area contributed by atoms with Gasteiger partial charge in [-0.25, -0.2) is 0 Å².